The van der Waals surface area contributed by atoms with Gasteiger partial charge in [-0.05, 0) is 18.6 Å². The van der Waals surface area contributed by atoms with E-state index in [4.69, 9.17) is 11.6 Å². The first-order valence-corrected chi connectivity index (χ1v) is 7.17. The molecule has 1 saturated heterocycles. The molecule has 1 aromatic rings. The van der Waals surface area contributed by atoms with Crippen LogP contribution in [0.3, 0.4) is 0 Å². The highest BCUT2D eigenvalue weighted by atomic mass is 35.5. The summed E-state index contributed by atoms with van der Waals surface area (Å²) in [6.07, 6.45) is 2.63. The Balaban J connectivity index is 1.76. The molecule has 1 aliphatic rings. The van der Waals surface area contributed by atoms with Crippen LogP contribution in [0.2, 0.25) is 5.15 Å². The van der Waals surface area contributed by atoms with Crippen molar-refractivity contribution in [1.82, 2.24) is 10.3 Å². The predicted molar refractivity (Wildman–Crippen MR) is 64.3 cm³/mol. The van der Waals surface area contributed by atoms with Gasteiger partial charge in [0.2, 0.25) is 0 Å². The van der Waals surface area contributed by atoms with Gasteiger partial charge in [-0.1, -0.05) is 11.6 Å². The maximum Gasteiger partial charge on any atom is 0.140 e. The van der Waals surface area contributed by atoms with Crippen LogP contribution >= 0.6 is 34.7 Å². The lowest BCUT2D eigenvalue weighted by Crippen LogP contribution is -2.33. The van der Waals surface area contributed by atoms with E-state index in [1.807, 2.05) is 17.1 Å². The summed E-state index contributed by atoms with van der Waals surface area (Å²) in [5, 5.41) is 7.11. The van der Waals surface area contributed by atoms with Crippen LogP contribution in [-0.2, 0) is 6.54 Å². The Hall–Kier alpha value is 0.230. The van der Waals surface area contributed by atoms with Crippen molar-refractivity contribution >= 4 is 34.7 Å². The summed E-state index contributed by atoms with van der Waals surface area (Å²) in [7, 11) is 0. The number of thiazole rings is 1. The van der Waals surface area contributed by atoms with Gasteiger partial charge in [0.05, 0.1) is 0 Å². The summed E-state index contributed by atoms with van der Waals surface area (Å²) in [4.78, 5) is 4.21. The topological polar surface area (TPSA) is 24.9 Å². The van der Waals surface area contributed by atoms with Gasteiger partial charge < -0.3 is 5.32 Å². The third-order valence-corrected chi connectivity index (χ3v) is 4.61. The quantitative estimate of drug-likeness (QED) is 0.891. The average Bonchev–Trinajstić information content (AvgIpc) is 2.63. The van der Waals surface area contributed by atoms with Crippen molar-refractivity contribution in [2.75, 3.05) is 11.5 Å². The molecule has 0 spiro atoms. The molecule has 2 nitrogen and oxygen atoms in total. The Morgan fingerprint density at radius 3 is 3.21 bits per heavy atom. The molecule has 1 atom stereocenters. The number of halogens is 1. The van der Waals surface area contributed by atoms with Crippen molar-refractivity contribution in [3.8, 4) is 0 Å². The Kier molecular flexibility index (Phi) is 4.10. The molecule has 1 fully saturated rings. The highest BCUT2D eigenvalue weighted by Crippen LogP contribution is 2.18. The molecule has 2 rings (SSSR count). The molecule has 78 valence electrons. The lowest BCUT2D eigenvalue weighted by molar-refractivity contribution is 0.507. The molecule has 1 aliphatic heterocycles. The first-order chi connectivity index (χ1) is 6.84. The summed E-state index contributed by atoms with van der Waals surface area (Å²) >= 11 is 9.41. The molecule has 14 heavy (non-hydrogen) atoms. The van der Waals surface area contributed by atoms with Crippen LogP contribution in [0, 0.1) is 0 Å². The average molecular weight is 249 g/mol. The molecule has 0 radical (unpaired) electrons. The fourth-order valence-electron chi connectivity index (χ4n) is 1.50. The van der Waals surface area contributed by atoms with E-state index in [1.54, 1.807) is 11.3 Å². The van der Waals surface area contributed by atoms with E-state index in [-0.39, 0.29) is 0 Å². The van der Waals surface area contributed by atoms with Gasteiger partial charge in [-0.25, -0.2) is 4.98 Å². The fourth-order valence-corrected chi connectivity index (χ4v) is 3.50. The van der Waals surface area contributed by atoms with Gasteiger partial charge in [0.25, 0.3) is 0 Å². The van der Waals surface area contributed by atoms with Gasteiger partial charge >= 0.3 is 0 Å². The van der Waals surface area contributed by atoms with Crippen molar-refractivity contribution in [2.24, 2.45) is 0 Å². The molecule has 2 heterocycles. The van der Waals surface area contributed by atoms with E-state index in [1.165, 1.54) is 24.3 Å². The molecule has 1 N–H and O–H groups in total. The second kappa shape index (κ2) is 5.35. The maximum absolute atomic E-state index is 5.75. The third kappa shape index (κ3) is 3.12. The third-order valence-electron chi connectivity index (χ3n) is 2.23. The second-order valence-corrected chi connectivity index (χ2v) is 5.84. The number of nitrogens with zero attached hydrogens (tertiary/aromatic N) is 1. The zero-order chi connectivity index (χ0) is 9.80. The number of aromatic nitrogens is 1. The molecule has 0 bridgehead atoms. The lowest BCUT2D eigenvalue weighted by atomic mass is 10.2. The standard InChI is InChI=1S/C9H13ClN2S2/c10-8-6-14-9(12-8)4-11-7-2-1-3-13-5-7/h6-7,11H,1-5H2. The van der Waals surface area contributed by atoms with Gasteiger partial charge in [-0.3, -0.25) is 0 Å². The smallest absolute Gasteiger partial charge is 0.140 e. The lowest BCUT2D eigenvalue weighted by Gasteiger charge is -2.21. The van der Waals surface area contributed by atoms with Crippen molar-refractivity contribution in [2.45, 2.75) is 25.4 Å². The first-order valence-electron chi connectivity index (χ1n) is 4.75. The molecule has 1 aromatic heterocycles. The SMILES string of the molecule is Clc1csc(CNC2CCCSC2)n1. The number of thioether (sulfide) groups is 1. The minimum Gasteiger partial charge on any atom is -0.307 e. The van der Waals surface area contributed by atoms with E-state index < -0.39 is 0 Å². The molecule has 0 aliphatic carbocycles. The van der Waals surface area contributed by atoms with Crippen LogP contribution in [0.25, 0.3) is 0 Å². The van der Waals surface area contributed by atoms with Crippen LogP contribution in [-0.4, -0.2) is 22.5 Å². The van der Waals surface area contributed by atoms with Crippen molar-refractivity contribution < 1.29 is 0 Å². The molecule has 5 heteroatoms. The van der Waals surface area contributed by atoms with Gasteiger partial charge in [0.15, 0.2) is 0 Å². The largest absolute Gasteiger partial charge is 0.307 e. The second-order valence-electron chi connectivity index (χ2n) is 3.36. The van der Waals surface area contributed by atoms with Crippen molar-refractivity contribution in [1.29, 1.82) is 0 Å². The summed E-state index contributed by atoms with van der Waals surface area (Å²) in [5.74, 6) is 2.56. The zero-order valence-corrected chi connectivity index (χ0v) is 10.2. The van der Waals surface area contributed by atoms with Gasteiger partial charge in [-0.2, -0.15) is 11.8 Å². The van der Waals surface area contributed by atoms with Crippen LogP contribution in [0.1, 0.15) is 17.8 Å². The maximum atomic E-state index is 5.75. The van der Waals surface area contributed by atoms with E-state index in [0.29, 0.717) is 11.2 Å². The highest BCUT2D eigenvalue weighted by Gasteiger charge is 2.13. The van der Waals surface area contributed by atoms with E-state index in [0.717, 1.165) is 11.6 Å². The normalized spacial score (nSPS) is 22.5. The van der Waals surface area contributed by atoms with Crippen LogP contribution in [0.15, 0.2) is 5.38 Å². The van der Waals surface area contributed by atoms with Gasteiger partial charge in [-0.15, -0.1) is 11.3 Å². The summed E-state index contributed by atoms with van der Waals surface area (Å²) in [5.41, 5.74) is 0. The van der Waals surface area contributed by atoms with Gasteiger partial charge in [0, 0.05) is 23.7 Å². The molecule has 0 aromatic carbocycles. The number of hydrogen-bond donors (Lipinski definition) is 1. The van der Waals surface area contributed by atoms with Crippen molar-refractivity contribution in [3.63, 3.8) is 0 Å². The number of nitrogens with one attached hydrogen (secondary N) is 1. The molecule has 0 saturated carbocycles. The van der Waals surface area contributed by atoms with E-state index in [2.05, 4.69) is 10.3 Å². The minimum atomic E-state index is 0.616. The van der Waals surface area contributed by atoms with Crippen LogP contribution in [0.4, 0.5) is 0 Å². The van der Waals surface area contributed by atoms with Crippen LogP contribution in [0.5, 0.6) is 0 Å². The van der Waals surface area contributed by atoms with Gasteiger partial charge in [0.1, 0.15) is 10.2 Å². The number of hydrogen-bond acceptors (Lipinski definition) is 4. The molecule has 0 amide bonds. The van der Waals surface area contributed by atoms with Crippen LogP contribution < -0.4 is 5.32 Å². The van der Waals surface area contributed by atoms with E-state index in [9.17, 15) is 0 Å². The molecular formula is C9H13ClN2S2. The molecular weight excluding hydrogens is 236 g/mol. The zero-order valence-electron chi connectivity index (χ0n) is 7.83. The Bertz CT molecular complexity index is 284. The summed E-state index contributed by atoms with van der Waals surface area (Å²) in [6.45, 7) is 0.864. The Morgan fingerprint density at radius 2 is 2.57 bits per heavy atom. The first kappa shape index (κ1) is 10.7. The summed E-state index contributed by atoms with van der Waals surface area (Å²) in [6, 6.07) is 0.663. The number of rotatable bonds is 3. The minimum absolute atomic E-state index is 0.616. The molecule has 1 unspecified atom stereocenters. The Morgan fingerprint density at radius 1 is 1.64 bits per heavy atom. The van der Waals surface area contributed by atoms with E-state index >= 15 is 0 Å². The fraction of sp³-hybridized carbons (Fsp3) is 0.667. The monoisotopic (exact) mass is 248 g/mol. The summed E-state index contributed by atoms with van der Waals surface area (Å²) < 4.78 is 0. The highest BCUT2D eigenvalue weighted by molar-refractivity contribution is 7.99. The Labute approximate surface area is 97.5 Å². The predicted octanol–water partition coefficient (Wildman–Crippen LogP) is 2.78. The van der Waals surface area contributed by atoms with Crippen molar-refractivity contribution in [3.05, 3.63) is 15.5 Å².